The smallest absolute Gasteiger partial charge is 0.227 e. The fourth-order valence-corrected chi connectivity index (χ4v) is 3.45. The van der Waals surface area contributed by atoms with Crippen LogP contribution in [0.4, 0.5) is 0 Å². The van der Waals surface area contributed by atoms with Gasteiger partial charge in [-0.25, -0.2) is 0 Å². The molecule has 0 heterocycles. The summed E-state index contributed by atoms with van der Waals surface area (Å²) in [6.45, 7) is 2.77. The summed E-state index contributed by atoms with van der Waals surface area (Å²) in [5.41, 5.74) is 1.08. The minimum atomic E-state index is -0.0708. The molecule has 2 nitrogen and oxygen atoms in total. The first kappa shape index (κ1) is 14.6. The normalized spacial score (nSPS) is 24.7. The number of benzene rings is 1. The molecule has 1 saturated carbocycles. The van der Waals surface area contributed by atoms with E-state index >= 15 is 0 Å². The van der Waals surface area contributed by atoms with E-state index in [1.807, 2.05) is 37.3 Å². The largest absolute Gasteiger partial charge is 0.355 e. The van der Waals surface area contributed by atoms with E-state index in [9.17, 15) is 4.79 Å². The molecule has 0 bridgehead atoms. The van der Waals surface area contributed by atoms with Gasteiger partial charge in [0, 0.05) is 11.4 Å². The zero-order valence-electron chi connectivity index (χ0n) is 11.4. The molecule has 1 aromatic rings. The van der Waals surface area contributed by atoms with E-state index in [2.05, 4.69) is 21.2 Å². The average Bonchev–Trinajstić information content (AvgIpc) is 2.46. The third kappa shape index (κ3) is 4.07. The molecular formula is C16H22BrNO. The maximum atomic E-state index is 12.2. The van der Waals surface area contributed by atoms with Crippen LogP contribution >= 0.6 is 15.9 Å². The molecule has 3 atom stereocenters. The van der Waals surface area contributed by atoms with Crippen LogP contribution in [0, 0.1) is 5.92 Å². The van der Waals surface area contributed by atoms with Crippen LogP contribution in [-0.2, 0) is 4.79 Å². The van der Waals surface area contributed by atoms with Crippen molar-refractivity contribution in [2.24, 2.45) is 5.92 Å². The lowest BCUT2D eigenvalue weighted by Gasteiger charge is -2.28. The molecule has 0 aliphatic heterocycles. The molecule has 0 radical (unpaired) electrons. The van der Waals surface area contributed by atoms with Crippen molar-refractivity contribution >= 4 is 21.8 Å². The highest BCUT2D eigenvalue weighted by Crippen LogP contribution is 2.29. The van der Waals surface area contributed by atoms with Gasteiger partial charge in [0.2, 0.25) is 5.91 Å². The quantitative estimate of drug-likeness (QED) is 0.837. The number of hydrogen-bond acceptors (Lipinski definition) is 1. The fraction of sp³-hybridized carbons (Fsp3) is 0.562. The number of carbonyl (C=O) groups excluding carboxylic acids is 1. The van der Waals surface area contributed by atoms with Gasteiger partial charge in [0.1, 0.15) is 0 Å². The molecule has 19 heavy (non-hydrogen) atoms. The molecule has 0 spiro atoms. The van der Waals surface area contributed by atoms with Crippen LogP contribution in [0.2, 0.25) is 0 Å². The molecular weight excluding hydrogens is 302 g/mol. The third-order valence-electron chi connectivity index (χ3n) is 4.05. The zero-order chi connectivity index (χ0) is 13.7. The van der Waals surface area contributed by atoms with Gasteiger partial charge in [0.15, 0.2) is 0 Å². The number of hydrogen-bond donors (Lipinski definition) is 1. The predicted octanol–water partition coefficient (Wildman–Crippen LogP) is 3.86. The first-order valence-electron chi connectivity index (χ1n) is 7.15. The van der Waals surface area contributed by atoms with Crippen molar-refractivity contribution in [1.82, 2.24) is 5.32 Å². The summed E-state index contributed by atoms with van der Waals surface area (Å²) < 4.78 is 0. The molecule has 0 saturated heterocycles. The van der Waals surface area contributed by atoms with Gasteiger partial charge >= 0.3 is 0 Å². The van der Waals surface area contributed by atoms with Crippen molar-refractivity contribution < 1.29 is 4.79 Å². The van der Waals surface area contributed by atoms with E-state index in [1.165, 1.54) is 25.7 Å². The lowest BCUT2D eigenvalue weighted by molar-refractivity contribution is -0.122. The summed E-state index contributed by atoms with van der Waals surface area (Å²) in [5, 5.41) is 3.11. The number of alkyl halides is 1. The highest BCUT2D eigenvalue weighted by atomic mass is 79.9. The molecule has 104 valence electrons. The SMILES string of the molecule is CC(C(=O)NCC1CCCCC1Br)c1ccccc1. The predicted molar refractivity (Wildman–Crippen MR) is 82.5 cm³/mol. The van der Waals surface area contributed by atoms with E-state index < -0.39 is 0 Å². The standard InChI is InChI=1S/C16H22BrNO/c1-12(13-7-3-2-4-8-13)16(19)18-11-14-9-5-6-10-15(14)17/h2-4,7-8,12,14-15H,5-6,9-11H2,1H3,(H,18,19). The van der Waals surface area contributed by atoms with Gasteiger partial charge in [-0.2, -0.15) is 0 Å². The number of carbonyl (C=O) groups is 1. The first-order chi connectivity index (χ1) is 9.18. The second kappa shape index (κ2) is 7.09. The van der Waals surface area contributed by atoms with Crippen LogP contribution in [-0.4, -0.2) is 17.3 Å². The van der Waals surface area contributed by atoms with Gasteiger partial charge in [0.05, 0.1) is 5.92 Å². The summed E-state index contributed by atoms with van der Waals surface area (Å²) in [6.07, 6.45) is 5.04. The Bertz CT molecular complexity index is 406. The van der Waals surface area contributed by atoms with Crippen molar-refractivity contribution in [2.45, 2.75) is 43.4 Å². The van der Waals surface area contributed by atoms with Crippen LogP contribution in [0.1, 0.15) is 44.1 Å². The van der Waals surface area contributed by atoms with Gasteiger partial charge in [0.25, 0.3) is 0 Å². The maximum Gasteiger partial charge on any atom is 0.227 e. The summed E-state index contributed by atoms with van der Waals surface area (Å²) in [7, 11) is 0. The monoisotopic (exact) mass is 323 g/mol. The molecule has 1 aliphatic rings. The molecule has 1 fully saturated rings. The van der Waals surface area contributed by atoms with E-state index in [1.54, 1.807) is 0 Å². The van der Waals surface area contributed by atoms with Gasteiger partial charge in [-0.1, -0.05) is 59.1 Å². The van der Waals surface area contributed by atoms with Crippen LogP contribution in [0.5, 0.6) is 0 Å². The molecule has 2 rings (SSSR count). The van der Waals surface area contributed by atoms with Gasteiger partial charge in [-0.15, -0.1) is 0 Å². The molecule has 3 heteroatoms. The molecule has 3 unspecified atom stereocenters. The molecule has 1 N–H and O–H groups in total. The summed E-state index contributed by atoms with van der Waals surface area (Å²) >= 11 is 3.74. The summed E-state index contributed by atoms with van der Waals surface area (Å²) in [4.78, 5) is 12.7. The highest BCUT2D eigenvalue weighted by Gasteiger charge is 2.24. The molecule has 1 amide bonds. The Labute approximate surface area is 124 Å². The van der Waals surface area contributed by atoms with E-state index in [-0.39, 0.29) is 11.8 Å². The number of amides is 1. The Morgan fingerprint density at radius 1 is 1.32 bits per heavy atom. The zero-order valence-corrected chi connectivity index (χ0v) is 13.0. The topological polar surface area (TPSA) is 29.1 Å². The van der Waals surface area contributed by atoms with Crippen LogP contribution < -0.4 is 5.32 Å². The van der Waals surface area contributed by atoms with Crippen LogP contribution in [0.15, 0.2) is 30.3 Å². The minimum absolute atomic E-state index is 0.0708. The van der Waals surface area contributed by atoms with E-state index in [0.29, 0.717) is 10.7 Å². The summed E-state index contributed by atoms with van der Waals surface area (Å²) in [6, 6.07) is 9.96. The maximum absolute atomic E-state index is 12.2. The Kier molecular flexibility index (Phi) is 5.44. The van der Waals surface area contributed by atoms with E-state index in [4.69, 9.17) is 0 Å². The molecule has 1 aliphatic carbocycles. The fourth-order valence-electron chi connectivity index (χ4n) is 2.67. The van der Waals surface area contributed by atoms with Crippen molar-refractivity contribution in [2.75, 3.05) is 6.54 Å². The Balaban J connectivity index is 1.84. The second-order valence-corrected chi connectivity index (χ2v) is 6.61. The Morgan fingerprint density at radius 2 is 2.00 bits per heavy atom. The lowest BCUT2D eigenvalue weighted by atomic mass is 9.89. The number of rotatable bonds is 4. The van der Waals surface area contributed by atoms with Gasteiger partial charge in [-0.3, -0.25) is 4.79 Å². The highest BCUT2D eigenvalue weighted by molar-refractivity contribution is 9.09. The Hall–Kier alpha value is -0.830. The molecule has 0 aromatic heterocycles. The first-order valence-corrected chi connectivity index (χ1v) is 8.07. The van der Waals surface area contributed by atoms with E-state index in [0.717, 1.165) is 12.1 Å². The van der Waals surface area contributed by atoms with Crippen LogP contribution in [0.25, 0.3) is 0 Å². The van der Waals surface area contributed by atoms with Crippen LogP contribution in [0.3, 0.4) is 0 Å². The van der Waals surface area contributed by atoms with Crippen molar-refractivity contribution in [3.05, 3.63) is 35.9 Å². The minimum Gasteiger partial charge on any atom is -0.355 e. The molecule has 1 aromatic carbocycles. The number of halogens is 1. The van der Waals surface area contributed by atoms with Crippen molar-refractivity contribution in [3.63, 3.8) is 0 Å². The Morgan fingerprint density at radius 3 is 2.68 bits per heavy atom. The summed E-state index contributed by atoms with van der Waals surface area (Å²) in [5.74, 6) is 0.649. The third-order valence-corrected chi connectivity index (χ3v) is 5.25. The van der Waals surface area contributed by atoms with Gasteiger partial charge < -0.3 is 5.32 Å². The second-order valence-electron chi connectivity index (χ2n) is 5.44. The number of nitrogens with one attached hydrogen (secondary N) is 1. The van der Waals surface area contributed by atoms with Crippen molar-refractivity contribution in [1.29, 1.82) is 0 Å². The van der Waals surface area contributed by atoms with Gasteiger partial charge in [-0.05, 0) is 31.2 Å². The van der Waals surface area contributed by atoms with Crippen molar-refractivity contribution in [3.8, 4) is 0 Å². The average molecular weight is 324 g/mol. The lowest BCUT2D eigenvalue weighted by Crippen LogP contribution is -2.36.